The average Bonchev–Trinajstić information content (AvgIpc) is 2.93. The molecular formula is C13H14N2O5S2. The number of hydrogen-bond donors (Lipinski definition) is 1. The summed E-state index contributed by atoms with van der Waals surface area (Å²) in [5, 5.41) is 1.79. The van der Waals surface area contributed by atoms with Gasteiger partial charge in [-0.1, -0.05) is 0 Å². The van der Waals surface area contributed by atoms with E-state index >= 15 is 0 Å². The van der Waals surface area contributed by atoms with E-state index in [1.54, 1.807) is 17.5 Å². The zero-order valence-electron chi connectivity index (χ0n) is 11.9. The van der Waals surface area contributed by atoms with Crippen LogP contribution in [0, 0.1) is 0 Å². The SMILES string of the molecule is COC(=O)Cc1csc(NS(=O)(=O)c2ccc(OC)cc2)n1. The molecule has 0 spiro atoms. The summed E-state index contributed by atoms with van der Waals surface area (Å²) < 4.78 is 36.3. The number of carbonyl (C=O) groups is 1. The summed E-state index contributed by atoms with van der Waals surface area (Å²) in [4.78, 5) is 15.3. The lowest BCUT2D eigenvalue weighted by atomic mass is 10.3. The van der Waals surface area contributed by atoms with Crippen molar-refractivity contribution in [2.24, 2.45) is 0 Å². The second-order valence-electron chi connectivity index (χ2n) is 4.18. The lowest BCUT2D eigenvalue weighted by molar-refractivity contribution is -0.139. The number of esters is 1. The Hall–Kier alpha value is -2.13. The van der Waals surface area contributed by atoms with Gasteiger partial charge in [0.05, 0.1) is 31.2 Å². The van der Waals surface area contributed by atoms with E-state index < -0.39 is 16.0 Å². The van der Waals surface area contributed by atoms with E-state index in [1.807, 2.05) is 0 Å². The first kappa shape index (κ1) is 16.2. The number of aromatic nitrogens is 1. The average molecular weight is 342 g/mol. The van der Waals surface area contributed by atoms with Crippen molar-refractivity contribution < 1.29 is 22.7 Å². The molecule has 0 bridgehead atoms. The van der Waals surface area contributed by atoms with Gasteiger partial charge in [-0.05, 0) is 24.3 Å². The third kappa shape index (κ3) is 3.95. The Balaban J connectivity index is 2.12. The highest BCUT2D eigenvalue weighted by Crippen LogP contribution is 2.22. The van der Waals surface area contributed by atoms with Gasteiger partial charge in [-0.25, -0.2) is 13.4 Å². The molecule has 0 aliphatic carbocycles. The number of ether oxygens (including phenoxy) is 2. The number of hydrogen-bond acceptors (Lipinski definition) is 7. The van der Waals surface area contributed by atoms with E-state index in [0.717, 1.165) is 11.3 Å². The molecule has 0 atom stereocenters. The minimum atomic E-state index is -3.73. The maximum Gasteiger partial charge on any atom is 0.311 e. The minimum absolute atomic E-state index is 0.00271. The van der Waals surface area contributed by atoms with Crippen molar-refractivity contribution >= 4 is 32.5 Å². The van der Waals surface area contributed by atoms with Crippen molar-refractivity contribution in [3.05, 3.63) is 35.3 Å². The van der Waals surface area contributed by atoms with Gasteiger partial charge in [-0.3, -0.25) is 9.52 Å². The van der Waals surface area contributed by atoms with Gasteiger partial charge in [0.1, 0.15) is 5.75 Å². The molecule has 2 rings (SSSR count). The van der Waals surface area contributed by atoms with Crippen molar-refractivity contribution in [2.75, 3.05) is 18.9 Å². The van der Waals surface area contributed by atoms with Crippen LogP contribution in [0.25, 0.3) is 0 Å². The van der Waals surface area contributed by atoms with Crippen molar-refractivity contribution in [3.63, 3.8) is 0 Å². The first-order valence-electron chi connectivity index (χ1n) is 6.12. The lowest BCUT2D eigenvalue weighted by Crippen LogP contribution is -2.13. The van der Waals surface area contributed by atoms with Crippen molar-refractivity contribution in [2.45, 2.75) is 11.3 Å². The predicted molar refractivity (Wildman–Crippen MR) is 81.6 cm³/mol. The number of sulfonamides is 1. The summed E-state index contributed by atoms with van der Waals surface area (Å²) in [6.45, 7) is 0. The van der Waals surface area contributed by atoms with Crippen LogP contribution < -0.4 is 9.46 Å². The fraction of sp³-hybridized carbons (Fsp3) is 0.231. The first-order chi connectivity index (χ1) is 10.4. The van der Waals surface area contributed by atoms with Gasteiger partial charge >= 0.3 is 5.97 Å². The molecule has 7 nitrogen and oxygen atoms in total. The van der Waals surface area contributed by atoms with Crippen molar-refractivity contribution in [3.8, 4) is 5.75 Å². The van der Waals surface area contributed by atoms with E-state index in [-0.39, 0.29) is 16.4 Å². The van der Waals surface area contributed by atoms with Crippen LogP contribution in [-0.2, 0) is 26.0 Å². The highest BCUT2D eigenvalue weighted by atomic mass is 32.2. The van der Waals surface area contributed by atoms with Gasteiger partial charge < -0.3 is 9.47 Å². The van der Waals surface area contributed by atoms with Crippen LogP contribution >= 0.6 is 11.3 Å². The van der Waals surface area contributed by atoms with Crippen LogP contribution in [0.1, 0.15) is 5.69 Å². The number of methoxy groups -OCH3 is 2. The molecule has 118 valence electrons. The molecule has 2 aromatic rings. The van der Waals surface area contributed by atoms with Gasteiger partial charge in [0.15, 0.2) is 5.13 Å². The lowest BCUT2D eigenvalue weighted by Gasteiger charge is -2.06. The Morgan fingerprint density at radius 2 is 1.95 bits per heavy atom. The van der Waals surface area contributed by atoms with Crippen LogP contribution in [0.4, 0.5) is 5.13 Å². The Kier molecular flexibility index (Phi) is 4.99. The number of carbonyl (C=O) groups excluding carboxylic acids is 1. The van der Waals surface area contributed by atoms with Crippen molar-refractivity contribution in [1.82, 2.24) is 4.98 Å². The van der Waals surface area contributed by atoms with Crippen LogP contribution in [0.3, 0.4) is 0 Å². The van der Waals surface area contributed by atoms with Gasteiger partial charge in [0, 0.05) is 5.38 Å². The molecule has 0 saturated heterocycles. The van der Waals surface area contributed by atoms with Crippen LogP contribution in [0.2, 0.25) is 0 Å². The number of anilines is 1. The highest BCUT2D eigenvalue weighted by molar-refractivity contribution is 7.93. The maximum atomic E-state index is 12.2. The molecule has 0 fully saturated rings. The Labute approximate surface area is 132 Å². The third-order valence-corrected chi connectivity index (χ3v) is 4.99. The van der Waals surface area contributed by atoms with E-state index in [9.17, 15) is 13.2 Å². The molecule has 9 heteroatoms. The Morgan fingerprint density at radius 3 is 2.55 bits per heavy atom. The molecule has 0 radical (unpaired) electrons. The van der Waals surface area contributed by atoms with Crippen molar-refractivity contribution in [1.29, 1.82) is 0 Å². The molecule has 0 saturated carbocycles. The molecule has 0 amide bonds. The molecule has 1 N–H and O–H groups in total. The van der Waals surface area contributed by atoms with Crippen LogP contribution in [0.5, 0.6) is 5.75 Å². The van der Waals surface area contributed by atoms with Crippen LogP contribution in [0.15, 0.2) is 34.5 Å². The molecule has 1 aromatic heterocycles. The number of benzene rings is 1. The molecule has 0 aliphatic heterocycles. The topological polar surface area (TPSA) is 94.6 Å². The van der Waals surface area contributed by atoms with E-state index in [1.165, 1.54) is 26.4 Å². The second kappa shape index (κ2) is 6.75. The standard InChI is InChI=1S/C13H14N2O5S2/c1-19-10-3-5-11(6-4-10)22(17,18)15-13-14-9(8-21-13)7-12(16)20-2/h3-6,8H,7H2,1-2H3,(H,14,15). The Morgan fingerprint density at radius 1 is 1.27 bits per heavy atom. The molecule has 1 aromatic carbocycles. The summed E-state index contributed by atoms with van der Waals surface area (Å²) in [5.74, 6) is 0.128. The summed E-state index contributed by atoms with van der Waals surface area (Å²) in [5.41, 5.74) is 0.448. The van der Waals surface area contributed by atoms with E-state index in [4.69, 9.17) is 4.74 Å². The number of rotatable bonds is 6. The minimum Gasteiger partial charge on any atom is -0.497 e. The number of nitrogens with one attached hydrogen (secondary N) is 1. The van der Waals surface area contributed by atoms with Gasteiger partial charge in [0.25, 0.3) is 10.0 Å². The van der Waals surface area contributed by atoms with E-state index in [2.05, 4.69) is 14.4 Å². The molecule has 0 unspecified atom stereocenters. The largest absolute Gasteiger partial charge is 0.497 e. The second-order valence-corrected chi connectivity index (χ2v) is 6.72. The summed E-state index contributed by atoms with van der Waals surface area (Å²) in [6.07, 6.45) is -0.00271. The summed E-state index contributed by atoms with van der Waals surface area (Å²) >= 11 is 1.10. The molecule has 22 heavy (non-hydrogen) atoms. The monoisotopic (exact) mass is 342 g/mol. The predicted octanol–water partition coefficient (Wildman–Crippen LogP) is 1.67. The molecule has 1 heterocycles. The maximum absolute atomic E-state index is 12.2. The fourth-order valence-electron chi connectivity index (χ4n) is 1.58. The van der Waals surface area contributed by atoms with Crippen LogP contribution in [-0.4, -0.2) is 33.6 Å². The zero-order valence-corrected chi connectivity index (χ0v) is 13.5. The zero-order chi connectivity index (χ0) is 16.2. The third-order valence-electron chi connectivity index (χ3n) is 2.70. The normalized spacial score (nSPS) is 11.0. The summed E-state index contributed by atoms with van der Waals surface area (Å²) in [6, 6.07) is 5.98. The quantitative estimate of drug-likeness (QED) is 0.803. The highest BCUT2D eigenvalue weighted by Gasteiger charge is 2.17. The van der Waals surface area contributed by atoms with E-state index in [0.29, 0.717) is 11.4 Å². The first-order valence-corrected chi connectivity index (χ1v) is 8.49. The summed E-state index contributed by atoms with van der Waals surface area (Å²) in [7, 11) is -0.953. The Bertz CT molecular complexity index is 753. The molecule has 0 aliphatic rings. The van der Waals surface area contributed by atoms with Gasteiger partial charge in [-0.2, -0.15) is 0 Å². The van der Waals surface area contributed by atoms with Gasteiger partial charge in [0.2, 0.25) is 0 Å². The fourth-order valence-corrected chi connectivity index (χ4v) is 3.55. The smallest absolute Gasteiger partial charge is 0.311 e. The number of thiazole rings is 1. The van der Waals surface area contributed by atoms with Gasteiger partial charge in [-0.15, -0.1) is 11.3 Å². The number of nitrogens with zero attached hydrogens (tertiary/aromatic N) is 1. The molecular weight excluding hydrogens is 328 g/mol.